The predicted octanol–water partition coefficient (Wildman–Crippen LogP) is 3.43. The number of aryl methyl sites for hydroxylation is 1. The number of fused-ring (bicyclic) bond motifs is 1. The Balaban J connectivity index is 1.26. The van der Waals surface area contributed by atoms with E-state index >= 15 is 0 Å². The van der Waals surface area contributed by atoms with Crippen molar-refractivity contribution in [2.24, 2.45) is 0 Å². The Morgan fingerprint density at radius 1 is 0.970 bits per heavy atom. The SMILES string of the molecule is Cc1onc(-c2ccccc2Cl)c1C(=O)N1CCN(C(=O)[C@@H]2COc3ccccc3O2)CC1. The molecule has 3 heterocycles. The van der Waals surface area contributed by atoms with Crippen LogP contribution in [0.4, 0.5) is 0 Å². The van der Waals surface area contributed by atoms with Crippen molar-refractivity contribution in [3.63, 3.8) is 0 Å². The molecule has 2 aliphatic rings. The molecule has 0 spiro atoms. The van der Waals surface area contributed by atoms with Crippen molar-refractivity contribution in [1.82, 2.24) is 15.0 Å². The average molecular weight is 468 g/mol. The van der Waals surface area contributed by atoms with Gasteiger partial charge in [0.15, 0.2) is 11.5 Å². The maximum absolute atomic E-state index is 13.3. The van der Waals surface area contributed by atoms with Crippen molar-refractivity contribution in [2.45, 2.75) is 13.0 Å². The number of halogens is 1. The molecule has 0 radical (unpaired) electrons. The van der Waals surface area contributed by atoms with Crippen LogP contribution < -0.4 is 9.47 Å². The molecule has 8 nitrogen and oxygen atoms in total. The third-order valence-electron chi connectivity index (χ3n) is 5.87. The van der Waals surface area contributed by atoms with Gasteiger partial charge < -0.3 is 23.8 Å². The molecule has 0 N–H and O–H groups in total. The zero-order valence-electron chi connectivity index (χ0n) is 18.0. The number of aromatic nitrogens is 1. The van der Waals surface area contributed by atoms with Crippen molar-refractivity contribution in [3.05, 3.63) is 64.9 Å². The summed E-state index contributed by atoms with van der Waals surface area (Å²) in [6.45, 7) is 3.45. The fraction of sp³-hybridized carbons (Fsp3) is 0.292. The van der Waals surface area contributed by atoms with E-state index < -0.39 is 6.10 Å². The molecule has 9 heteroatoms. The highest BCUT2D eigenvalue weighted by molar-refractivity contribution is 6.33. The highest BCUT2D eigenvalue weighted by atomic mass is 35.5. The summed E-state index contributed by atoms with van der Waals surface area (Å²) in [7, 11) is 0. The van der Waals surface area contributed by atoms with Crippen LogP contribution in [0.3, 0.4) is 0 Å². The standard InChI is InChI=1S/C24H22ClN3O5/c1-15-21(22(26-33-15)16-6-2-3-7-17(16)25)24(30)28-12-10-27(11-13-28)23(29)20-14-31-18-8-4-5-9-19(18)32-20/h2-9,20H,10-14H2,1H3/t20-/m0/s1. The monoisotopic (exact) mass is 467 g/mol. The van der Waals surface area contributed by atoms with Crippen LogP contribution in [0, 0.1) is 6.92 Å². The number of benzene rings is 2. The first-order chi connectivity index (χ1) is 16.0. The topological polar surface area (TPSA) is 85.1 Å². The molecular weight excluding hydrogens is 446 g/mol. The minimum absolute atomic E-state index is 0.144. The van der Waals surface area contributed by atoms with E-state index in [1.165, 1.54) is 0 Å². The number of ether oxygens (including phenoxy) is 2. The molecule has 33 heavy (non-hydrogen) atoms. The molecule has 0 aliphatic carbocycles. The molecule has 5 rings (SSSR count). The van der Waals surface area contributed by atoms with E-state index in [1.54, 1.807) is 34.9 Å². The molecule has 1 aromatic heterocycles. The molecule has 1 atom stereocenters. The number of rotatable bonds is 3. The molecule has 3 aromatic rings. The van der Waals surface area contributed by atoms with Crippen molar-refractivity contribution < 1.29 is 23.6 Å². The van der Waals surface area contributed by atoms with E-state index in [1.807, 2.05) is 30.3 Å². The number of hydrogen-bond acceptors (Lipinski definition) is 6. The number of nitrogens with zero attached hydrogens (tertiary/aromatic N) is 3. The van der Waals surface area contributed by atoms with Crippen LogP contribution in [0.25, 0.3) is 11.3 Å². The lowest BCUT2D eigenvalue weighted by Gasteiger charge is -2.37. The van der Waals surface area contributed by atoms with Crippen molar-refractivity contribution in [3.8, 4) is 22.8 Å². The number of amides is 2. The minimum Gasteiger partial charge on any atom is -0.485 e. The summed E-state index contributed by atoms with van der Waals surface area (Å²) in [6.07, 6.45) is -0.700. The third-order valence-corrected chi connectivity index (χ3v) is 6.20. The van der Waals surface area contributed by atoms with E-state index in [2.05, 4.69) is 5.16 Å². The Kier molecular flexibility index (Phi) is 5.68. The van der Waals surface area contributed by atoms with Gasteiger partial charge in [-0.15, -0.1) is 0 Å². The largest absolute Gasteiger partial charge is 0.485 e. The molecule has 0 unspecified atom stereocenters. The summed E-state index contributed by atoms with van der Waals surface area (Å²) in [5.74, 6) is 1.29. The smallest absolute Gasteiger partial charge is 0.267 e. The van der Waals surface area contributed by atoms with Gasteiger partial charge in [0.05, 0.1) is 5.02 Å². The zero-order valence-corrected chi connectivity index (χ0v) is 18.7. The second-order valence-electron chi connectivity index (χ2n) is 7.92. The zero-order chi connectivity index (χ0) is 22.9. The normalized spacial score (nSPS) is 17.7. The lowest BCUT2D eigenvalue weighted by atomic mass is 10.0. The molecular formula is C24H22ClN3O5. The van der Waals surface area contributed by atoms with Gasteiger partial charge in [-0.05, 0) is 25.1 Å². The van der Waals surface area contributed by atoms with Gasteiger partial charge in [-0.2, -0.15) is 0 Å². The Hall–Kier alpha value is -3.52. The van der Waals surface area contributed by atoms with Gasteiger partial charge in [0.2, 0.25) is 6.10 Å². The van der Waals surface area contributed by atoms with E-state index in [4.69, 9.17) is 25.6 Å². The lowest BCUT2D eigenvalue weighted by molar-refractivity contribution is -0.142. The van der Waals surface area contributed by atoms with Gasteiger partial charge in [0.1, 0.15) is 23.6 Å². The fourth-order valence-corrected chi connectivity index (χ4v) is 4.32. The number of carbonyl (C=O) groups is 2. The molecule has 2 amide bonds. The number of piperazine rings is 1. The van der Waals surface area contributed by atoms with E-state index in [0.717, 1.165) is 0 Å². The van der Waals surface area contributed by atoms with Crippen LogP contribution in [0.15, 0.2) is 53.1 Å². The summed E-state index contributed by atoms with van der Waals surface area (Å²) in [4.78, 5) is 29.7. The first-order valence-electron chi connectivity index (χ1n) is 10.7. The van der Waals surface area contributed by atoms with Crippen LogP contribution in [0.1, 0.15) is 16.1 Å². The van der Waals surface area contributed by atoms with Crippen LogP contribution in [0.5, 0.6) is 11.5 Å². The van der Waals surface area contributed by atoms with E-state index in [9.17, 15) is 9.59 Å². The Labute approximate surface area is 195 Å². The lowest BCUT2D eigenvalue weighted by Crippen LogP contribution is -2.55. The summed E-state index contributed by atoms with van der Waals surface area (Å²) in [5.41, 5.74) is 1.46. The molecule has 170 valence electrons. The van der Waals surface area contributed by atoms with Gasteiger partial charge in [-0.3, -0.25) is 9.59 Å². The maximum Gasteiger partial charge on any atom is 0.267 e. The molecule has 0 saturated carbocycles. The summed E-state index contributed by atoms with van der Waals surface area (Å²) >= 11 is 6.32. The fourth-order valence-electron chi connectivity index (χ4n) is 4.09. The van der Waals surface area contributed by atoms with Gasteiger partial charge in [0, 0.05) is 31.7 Å². The Morgan fingerprint density at radius 2 is 1.64 bits per heavy atom. The van der Waals surface area contributed by atoms with Crippen LogP contribution >= 0.6 is 11.6 Å². The summed E-state index contributed by atoms with van der Waals surface area (Å²) < 4.78 is 16.8. The van der Waals surface area contributed by atoms with Crippen LogP contribution in [0.2, 0.25) is 5.02 Å². The van der Waals surface area contributed by atoms with Gasteiger partial charge >= 0.3 is 0 Å². The van der Waals surface area contributed by atoms with Gasteiger partial charge in [0.25, 0.3) is 11.8 Å². The molecule has 2 aromatic carbocycles. The second kappa shape index (κ2) is 8.78. The number of hydrogen-bond donors (Lipinski definition) is 0. The van der Waals surface area contributed by atoms with Gasteiger partial charge in [-0.1, -0.05) is 47.1 Å². The average Bonchev–Trinajstić information content (AvgIpc) is 3.24. The van der Waals surface area contributed by atoms with Crippen LogP contribution in [-0.2, 0) is 4.79 Å². The first-order valence-corrected chi connectivity index (χ1v) is 11.1. The van der Waals surface area contributed by atoms with E-state index in [-0.39, 0.29) is 18.4 Å². The third kappa shape index (κ3) is 4.02. The van der Waals surface area contributed by atoms with Crippen molar-refractivity contribution in [1.29, 1.82) is 0 Å². The molecule has 1 fully saturated rings. The Bertz CT molecular complexity index is 1200. The van der Waals surface area contributed by atoms with Gasteiger partial charge in [-0.25, -0.2) is 0 Å². The van der Waals surface area contributed by atoms with Crippen LogP contribution in [-0.4, -0.2) is 65.7 Å². The van der Waals surface area contributed by atoms with Crippen molar-refractivity contribution >= 4 is 23.4 Å². The van der Waals surface area contributed by atoms with E-state index in [0.29, 0.717) is 65.3 Å². The highest BCUT2D eigenvalue weighted by Gasteiger charge is 2.35. The molecule has 1 saturated heterocycles. The molecule has 0 bridgehead atoms. The minimum atomic E-state index is -0.700. The Morgan fingerprint density at radius 3 is 2.39 bits per heavy atom. The first kappa shape index (κ1) is 21.3. The van der Waals surface area contributed by atoms with Crippen molar-refractivity contribution in [2.75, 3.05) is 32.8 Å². The quantitative estimate of drug-likeness (QED) is 0.586. The highest BCUT2D eigenvalue weighted by Crippen LogP contribution is 2.33. The molecule has 2 aliphatic heterocycles. The summed E-state index contributed by atoms with van der Waals surface area (Å²) in [6, 6.07) is 14.5. The second-order valence-corrected chi connectivity index (χ2v) is 8.33. The number of carbonyl (C=O) groups excluding carboxylic acids is 2. The summed E-state index contributed by atoms with van der Waals surface area (Å²) in [5, 5.41) is 4.58. The maximum atomic E-state index is 13.3. The number of para-hydroxylation sites is 2. The predicted molar refractivity (Wildman–Crippen MR) is 121 cm³/mol.